The Morgan fingerprint density at radius 1 is 1.15 bits per heavy atom. The molecule has 0 spiro atoms. The number of nitrogens with one attached hydrogen (secondary N) is 1. The third-order valence-electron chi connectivity index (χ3n) is 4.75. The summed E-state index contributed by atoms with van der Waals surface area (Å²) < 4.78 is 0. The Hall–Kier alpha value is -3.15. The summed E-state index contributed by atoms with van der Waals surface area (Å²) in [5.41, 5.74) is 7.82. The minimum absolute atomic E-state index is 0.213. The number of carbonyl (C=O) groups excluding carboxylic acids is 2. The number of hydrogen-bond acceptors (Lipinski definition) is 4. The van der Waals surface area contributed by atoms with Gasteiger partial charge in [-0.1, -0.05) is 55.5 Å². The van der Waals surface area contributed by atoms with E-state index >= 15 is 0 Å². The molecule has 27 heavy (non-hydrogen) atoms. The fourth-order valence-corrected chi connectivity index (χ4v) is 3.14. The van der Waals surface area contributed by atoms with Crippen molar-refractivity contribution in [3.63, 3.8) is 0 Å². The molecule has 2 aromatic rings. The molecule has 1 heterocycles. The lowest BCUT2D eigenvalue weighted by Gasteiger charge is -2.20. The average Bonchev–Trinajstić information content (AvgIpc) is 3.15. The third kappa shape index (κ3) is 4.53. The minimum atomic E-state index is -0.642. The molecule has 6 nitrogen and oxygen atoms in total. The number of anilines is 1. The maximum absolute atomic E-state index is 12.5. The minimum Gasteiger partial charge on any atom is -0.368 e. The van der Waals surface area contributed by atoms with Crippen LogP contribution >= 0.6 is 0 Å². The summed E-state index contributed by atoms with van der Waals surface area (Å²) in [6, 6.07) is 18.8. The molecular formula is C21H24N4O2. The number of rotatable bonds is 7. The van der Waals surface area contributed by atoms with Crippen LogP contribution in [0, 0.1) is 0 Å². The van der Waals surface area contributed by atoms with Crippen molar-refractivity contribution in [3.05, 3.63) is 66.2 Å². The first-order valence-corrected chi connectivity index (χ1v) is 9.10. The molecule has 0 radical (unpaired) electrons. The molecule has 0 aliphatic carbocycles. The number of hydrogen-bond donors (Lipinski definition) is 2. The highest BCUT2D eigenvalue weighted by molar-refractivity contribution is 6.40. The molecule has 2 amide bonds. The van der Waals surface area contributed by atoms with Crippen LogP contribution in [0.25, 0.3) is 0 Å². The van der Waals surface area contributed by atoms with Crippen LogP contribution in [0.3, 0.4) is 0 Å². The van der Waals surface area contributed by atoms with Crippen LogP contribution in [0.2, 0.25) is 0 Å². The predicted octanol–water partition coefficient (Wildman–Crippen LogP) is 2.42. The van der Waals surface area contributed by atoms with Crippen LogP contribution in [0.1, 0.15) is 31.2 Å². The number of benzene rings is 2. The second-order valence-corrected chi connectivity index (χ2v) is 6.71. The number of hydrazone groups is 1. The Labute approximate surface area is 159 Å². The van der Waals surface area contributed by atoms with E-state index in [4.69, 9.17) is 5.73 Å². The SMILES string of the molecule is CC(CCNC(=O)C1=NN(c2ccccc2)C(C(N)=O)C1)c1ccccc1. The molecule has 3 N–H and O–H groups in total. The summed E-state index contributed by atoms with van der Waals surface area (Å²) >= 11 is 0. The monoisotopic (exact) mass is 364 g/mol. The number of primary amides is 1. The van der Waals surface area contributed by atoms with Gasteiger partial charge in [-0.3, -0.25) is 14.6 Å². The summed E-state index contributed by atoms with van der Waals surface area (Å²) in [6.07, 6.45) is 1.04. The van der Waals surface area contributed by atoms with E-state index in [2.05, 4.69) is 29.5 Å². The van der Waals surface area contributed by atoms with Crippen LogP contribution < -0.4 is 16.1 Å². The van der Waals surface area contributed by atoms with Crippen molar-refractivity contribution >= 4 is 23.2 Å². The van der Waals surface area contributed by atoms with E-state index in [0.717, 1.165) is 12.1 Å². The number of carbonyl (C=O) groups is 2. The van der Waals surface area contributed by atoms with Gasteiger partial charge in [0.05, 0.1) is 5.69 Å². The van der Waals surface area contributed by atoms with Gasteiger partial charge in [-0.15, -0.1) is 0 Å². The van der Waals surface area contributed by atoms with Crippen LogP contribution in [0.15, 0.2) is 65.8 Å². The average molecular weight is 364 g/mol. The van der Waals surface area contributed by atoms with Gasteiger partial charge in [0.25, 0.3) is 5.91 Å². The molecule has 0 saturated carbocycles. The van der Waals surface area contributed by atoms with E-state index in [0.29, 0.717) is 18.2 Å². The number of nitrogens with zero attached hydrogens (tertiary/aromatic N) is 2. The van der Waals surface area contributed by atoms with Crippen molar-refractivity contribution in [2.75, 3.05) is 11.6 Å². The number of amides is 2. The molecule has 1 aliphatic rings. The second-order valence-electron chi connectivity index (χ2n) is 6.71. The van der Waals surface area contributed by atoms with E-state index in [1.807, 2.05) is 48.5 Å². The lowest BCUT2D eigenvalue weighted by atomic mass is 9.98. The topological polar surface area (TPSA) is 87.8 Å². The van der Waals surface area contributed by atoms with Crippen LogP contribution in [0.4, 0.5) is 5.69 Å². The van der Waals surface area contributed by atoms with Gasteiger partial charge in [0.15, 0.2) is 0 Å². The normalized spacial score (nSPS) is 17.3. The Bertz CT molecular complexity index is 821. The maximum Gasteiger partial charge on any atom is 0.267 e. The Morgan fingerprint density at radius 3 is 2.41 bits per heavy atom. The van der Waals surface area contributed by atoms with Gasteiger partial charge >= 0.3 is 0 Å². The zero-order valence-corrected chi connectivity index (χ0v) is 15.3. The van der Waals surface area contributed by atoms with Gasteiger partial charge in [-0.25, -0.2) is 0 Å². The highest BCUT2D eigenvalue weighted by atomic mass is 16.2. The van der Waals surface area contributed by atoms with Gasteiger partial charge < -0.3 is 11.1 Å². The van der Waals surface area contributed by atoms with Crippen molar-refractivity contribution in [2.24, 2.45) is 10.8 Å². The predicted molar refractivity (Wildman–Crippen MR) is 106 cm³/mol. The third-order valence-corrected chi connectivity index (χ3v) is 4.75. The smallest absolute Gasteiger partial charge is 0.267 e. The van der Waals surface area contributed by atoms with Gasteiger partial charge in [-0.2, -0.15) is 5.10 Å². The molecule has 6 heteroatoms. The van der Waals surface area contributed by atoms with Gasteiger partial charge in [0, 0.05) is 13.0 Å². The summed E-state index contributed by atoms with van der Waals surface area (Å²) in [5, 5.41) is 8.79. The van der Waals surface area contributed by atoms with Crippen molar-refractivity contribution in [3.8, 4) is 0 Å². The molecule has 140 valence electrons. The van der Waals surface area contributed by atoms with Crippen LogP contribution in [-0.4, -0.2) is 30.1 Å². The molecule has 0 fully saturated rings. The van der Waals surface area contributed by atoms with Gasteiger partial charge in [-0.05, 0) is 30.0 Å². The molecule has 0 aromatic heterocycles. The van der Waals surface area contributed by atoms with Gasteiger partial charge in [0.2, 0.25) is 5.91 Å². The standard InChI is InChI=1S/C21H24N4O2/c1-15(16-8-4-2-5-9-16)12-13-23-21(27)18-14-19(20(22)26)25(24-18)17-10-6-3-7-11-17/h2-11,15,19H,12-14H2,1H3,(H2,22,26)(H,23,27). The van der Waals surface area contributed by atoms with E-state index in [1.165, 1.54) is 10.6 Å². The quantitative estimate of drug-likeness (QED) is 0.791. The molecule has 2 unspecified atom stereocenters. The van der Waals surface area contributed by atoms with Crippen molar-refractivity contribution in [1.82, 2.24) is 5.32 Å². The Balaban J connectivity index is 1.60. The van der Waals surface area contributed by atoms with Crippen molar-refractivity contribution in [2.45, 2.75) is 31.7 Å². The van der Waals surface area contributed by atoms with Crippen LogP contribution in [-0.2, 0) is 9.59 Å². The Morgan fingerprint density at radius 2 is 1.78 bits per heavy atom. The van der Waals surface area contributed by atoms with E-state index in [-0.39, 0.29) is 12.3 Å². The molecule has 1 aliphatic heterocycles. The van der Waals surface area contributed by atoms with Crippen molar-refractivity contribution in [1.29, 1.82) is 0 Å². The molecule has 0 saturated heterocycles. The highest BCUT2D eigenvalue weighted by Gasteiger charge is 2.34. The molecule has 2 aromatic carbocycles. The summed E-state index contributed by atoms with van der Waals surface area (Å²) in [6.45, 7) is 2.68. The fourth-order valence-electron chi connectivity index (χ4n) is 3.14. The summed E-state index contributed by atoms with van der Waals surface area (Å²) in [4.78, 5) is 24.3. The van der Waals surface area contributed by atoms with E-state index < -0.39 is 11.9 Å². The molecule has 3 rings (SSSR count). The highest BCUT2D eigenvalue weighted by Crippen LogP contribution is 2.24. The van der Waals surface area contributed by atoms with Crippen molar-refractivity contribution < 1.29 is 9.59 Å². The lowest BCUT2D eigenvalue weighted by molar-refractivity contribution is -0.119. The summed E-state index contributed by atoms with van der Waals surface area (Å²) in [5.74, 6) is -0.403. The van der Waals surface area contributed by atoms with E-state index in [1.54, 1.807) is 0 Å². The first-order chi connectivity index (χ1) is 13.1. The summed E-state index contributed by atoms with van der Waals surface area (Å²) in [7, 11) is 0. The second kappa shape index (κ2) is 8.49. The molecular weight excluding hydrogens is 340 g/mol. The van der Waals surface area contributed by atoms with Gasteiger partial charge in [0.1, 0.15) is 11.8 Å². The first kappa shape index (κ1) is 18.6. The Kier molecular flexibility index (Phi) is 5.86. The zero-order chi connectivity index (χ0) is 19.2. The maximum atomic E-state index is 12.5. The molecule has 2 atom stereocenters. The largest absolute Gasteiger partial charge is 0.368 e. The van der Waals surface area contributed by atoms with E-state index in [9.17, 15) is 9.59 Å². The number of para-hydroxylation sites is 1. The first-order valence-electron chi connectivity index (χ1n) is 9.10. The fraction of sp³-hybridized carbons (Fsp3) is 0.286. The lowest BCUT2D eigenvalue weighted by Crippen LogP contribution is -2.40. The molecule has 0 bridgehead atoms. The van der Waals surface area contributed by atoms with Crippen LogP contribution in [0.5, 0.6) is 0 Å². The zero-order valence-electron chi connectivity index (χ0n) is 15.3. The number of nitrogens with two attached hydrogens (primary N) is 1.